The molecule has 1 aromatic carbocycles. The molecule has 2 fully saturated rings. The quantitative estimate of drug-likeness (QED) is 0.842. The Morgan fingerprint density at radius 3 is 2.95 bits per heavy atom. The average Bonchev–Trinajstić information content (AvgIpc) is 2.84. The zero-order valence-electron chi connectivity index (χ0n) is 11.4. The second-order valence-electron chi connectivity index (χ2n) is 5.69. The van der Waals surface area contributed by atoms with E-state index in [-0.39, 0.29) is 0 Å². The summed E-state index contributed by atoms with van der Waals surface area (Å²) in [5.41, 5.74) is 7.67. The van der Waals surface area contributed by atoms with Crippen molar-refractivity contribution >= 4 is 34.5 Å². The second kappa shape index (κ2) is 5.88. The van der Waals surface area contributed by atoms with Gasteiger partial charge in [-0.25, -0.2) is 0 Å². The fraction of sp³-hybridized carbons (Fsp3) is 0.533. The third kappa shape index (κ3) is 2.78. The Hall–Kier alpha value is -0.840. The van der Waals surface area contributed by atoms with E-state index in [9.17, 15) is 0 Å². The van der Waals surface area contributed by atoms with E-state index in [0.29, 0.717) is 22.1 Å². The van der Waals surface area contributed by atoms with Gasteiger partial charge >= 0.3 is 0 Å². The summed E-state index contributed by atoms with van der Waals surface area (Å²) < 4.78 is 0. The Kier molecular flexibility index (Phi) is 4.15. The molecule has 2 saturated heterocycles. The van der Waals surface area contributed by atoms with E-state index in [1.54, 1.807) is 0 Å². The number of hydrogen-bond donors (Lipinski definition) is 2. The van der Waals surface area contributed by atoms with Gasteiger partial charge in [0.15, 0.2) is 0 Å². The molecule has 0 saturated carbocycles. The predicted molar refractivity (Wildman–Crippen MR) is 88.6 cm³/mol. The number of thiocarbonyl (C=S) groups is 1. The minimum Gasteiger partial charge on any atom is -0.389 e. The third-order valence-corrected chi connectivity index (χ3v) is 4.90. The van der Waals surface area contributed by atoms with E-state index < -0.39 is 0 Å². The predicted octanol–water partition coefficient (Wildman–Crippen LogP) is 3.01. The van der Waals surface area contributed by atoms with Crippen molar-refractivity contribution in [3.05, 3.63) is 28.8 Å². The number of nitrogens with two attached hydrogens (primary N) is 1. The maximum Gasteiger partial charge on any atom is 0.106 e. The van der Waals surface area contributed by atoms with Crippen LogP contribution in [0, 0.1) is 0 Å². The molecular formula is C15H20ClN3S. The molecule has 108 valence electrons. The number of hydrogen-bond acceptors (Lipinski definition) is 3. The van der Waals surface area contributed by atoms with Gasteiger partial charge in [-0.1, -0.05) is 30.2 Å². The zero-order valence-corrected chi connectivity index (χ0v) is 13.0. The molecule has 0 aliphatic carbocycles. The van der Waals surface area contributed by atoms with E-state index in [1.807, 2.05) is 18.2 Å². The smallest absolute Gasteiger partial charge is 0.106 e. The van der Waals surface area contributed by atoms with Crippen LogP contribution in [0.4, 0.5) is 5.69 Å². The molecule has 2 atom stereocenters. The van der Waals surface area contributed by atoms with Crippen LogP contribution in [0.1, 0.15) is 31.2 Å². The van der Waals surface area contributed by atoms with Gasteiger partial charge in [-0.15, -0.1) is 0 Å². The first-order valence-corrected chi connectivity index (χ1v) is 8.04. The van der Waals surface area contributed by atoms with Crippen LogP contribution in [0.2, 0.25) is 5.02 Å². The highest BCUT2D eigenvalue weighted by atomic mass is 35.5. The standard InChI is InChI=1S/C15H20ClN3S/c16-10-4-5-12(11(9-10)15(17)20)18-13-6-8-19-7-2-1-3-14(13)19/h4-5,9,13-14,18H,1-3,6-8H2,(H2,17,20). The third-order valence-electron chi connectivity index (χ3n) is 4.44. The zero-order chi connectivity index (χ0) is 14.1. The van der Waals surface area contributed by atoms with Crippen LogP contribution < -0.4 is 11.1 Å². The number of piperidine rings is 1. The van der Waals surface area contributed by atoms with Gasteiger partial charge in [0, 0.05) is 34.9 Å². The normalized spacial score (nSPS) is 26.2. The maximum atomic E-state index is 6.04. The van der Waals surface area contributed by atoms with E-state index in [4.69, 9.17) is 29.6 Å². The number of rotatable bonds is 3. The number of fused-ring (bicyclic) bond motifs is 1. The lowest BCUT2D eigenvalue weighted by atomic mass is 9.98. The molecule has 0 amide bonds. The molecule has 1 aromatic rings. The van der Waals surface area contributed by atoms with E-state index in [0.717, 1.165) is 11.3 Å². The van der Waals surface area contributed by atoms with Gasteiger partial charge in [-0.3, -0.25) is 4.90 Å². The molecule has 3 rings (SSSR count). The molecule has 2 heterocycles. The first kappa shape index (κ1) is 14.1. The molecule has 0 aromatic heterocycles. The highest BCUT2D eigenvalue weighted by Gasteiger charge is 2.35. The Balaban J connectivity index is 1.79. The SMILES string of the molecule is NC(=S)c1cc(Cl)ccc1NC1CCN2CCCCC12. The van der Waals surface area contributed by atoms with Crippen molar-refractivity contribution in [1.29, 1.82) is 0 Å². The maximum absolute atomic E-state index is 6.04. The molecule has 0 bridgehead atoms. The summed E-state index contributed by atoms with van der Waals surface area (Å²) in [6.07, 6.45) is 5.14. The van der Waals surface area contributed by atoms with Crippen LogP contribution in [-0.4, -0.2) is 35.1 Å². The molecule has 20 heavy (non-hydrogen) atoms. The Labute approximate surface area is 130 Å². The summed E-state index contributed by atoms with van der Waals surface area (Å²) in [7, 11) is 0. The van der Waals surface area contributed by atoms with Crippen LogP contribution in [0.3, 0.4) is 0 Å². The second-order valence-corrected chi connectivity index (χ2v) is 6.57. The Morgan fingerprint density at radius 1 is 1.30 bits per heavy atom. The minimum atomic E-state index is 0.397. The van der Waals surface area contributed by atoms with Crippen molar-refractivity contribution in [3.63, 3.8) is 0 Å². The molecule has 0 spiro atoms. The number of halogens is 1. The van der Waals surface area contributed by atoms with Crippen LogP contribution >= 0.6 is 23.8 Å². The molecule has 3 nitrogen and oxygen atoms in total. The van der Waals surface area contributed by atoms with Crippen LogP contribution in [0.15, 0.2) is 18.2 Å². The molecular weight excluding hydrogens is 290 g/mol. The highest BCUT2D eigenvalue weighted by molar-refractivity contribution is 7.80. The fourth-order valence-electron chi connectivity index (χ4n) is 3.46. The van der Waals surface area contributed by atoms with Crippen molar-refractivity contribution in [1.82, 2.24) is 4.90 Å². The molecule has 0 radical (unpaired) electrons. The molecule has 2 unspecified atom stereocenters. The van der Waals surface area contributed by atoms with Gasteiger partial charge in [-0.2, -0.15) is 0 Å². The molecule has 2 aliphatic rings. The topological polar surface area (TPSA) is 41.3 Å². The first-order chi connectivity index (χ1) is 9.65. The Bertz CT molecular complexity index is 520. The summed E-state index contributed by atoms with van der Waals surface area (Å²) in [4.78, 5) is 3.01. The molecule has 3 N–H and O–H groups in total. The summed E-state index contributed by atoms with van der Waals surface area (Å²) in [5.74, 6) is 0. The Morgan fingerprint density at radius 2 is 2.15 bits per heavy atom. The van der Waals surface area contributed by atoms with Gasteiger partial charge < -0.3 is 11.1 Å². The first-order valence-electron chi connectivity index (χ1n) is 7.25. The fourth-order valence-corrected chi connectivity index (χ4v) is 3.80. The van der Waals surface area contributed by atoms with Crippen LogP contribution in [0.5, 0.6) is 0 Å². The summed E-state index contributed by atoms with van der Waals surface area (Å²) in [6.45, 7) is 2.43. The number of anilines is 1. The van der Waals surface area contributed by atoms with Gasteiger partial charge in [0.05, 0.1) is 0 Å². The minimum absolute atomic E-state index is 0.397. The molecule has 5 heteroatoms. The highest BCUT2D eigenvalue weighted by Crippen LogP contribution is 2.30. The van der Waals surface area contributed by atoms with Crippen molar-refractivity contribution in [2.75, 3.05) is 18.4 Å². The van der Waals surface area contributed by atoms with Crippen molar-refractivity contribution in [2.24, 2.45) is 5.73 Å². The van der Waals surface area contributed by atoms with Crippen LogP contribution in [-0.2, 0) is 0 Å². The summed E-state index contributed by atoms with van der Waals surface area (Å²) >= 11 is 11.2. The van der Waals surface area contributed by atoms with Gasteiger partial charge in [0.2, 0.25) is 0 Å². The lowest BCUT2D eigenvalue weighted by molar-refractivity contribution is 0.193. The number of benzene rings is 1. The average molecular weight is 310 g/mol. The van der Waals surface area contributed by atoms with Gasteiger partial charge in [0.1, 0.15) is 4.99 Å². The number of nitrogens with one attached hydrogen (secondary N) is 1. The lowest BCUT2D eigenvalue weighted by Crippen LogP contribution is -2.41. The van der Waals surface area contributed by atoms with Crippen molar-refractivity contribution < 1.29 is 0 Å². The van der Waals surface area contributed by atoms with E-state index in [1.165, 1.54) is 38.8 Å². The van der Waals surface area contributed by atoms with Crippen molar-refractivity contribution in [2.45, 2.75) is 37.8 Å². The van der Waals surface area contributed by atoms with E-state index in [2.05, 4.69) is 10.2 Å². The largest absolute Gasteiger partial charge is 0.389 e. The number of nitrogens with zero attached hydrogens (tertiary/aromatic N) is 1. The monoisotopic (exact) mass is 309 g/mol. The lowest BCUT2D eigenvalue weighted by Gasteiger charge is -2.33. The van der Waals surface area contributed by atoms with Crippen molar-refractivity contribution in [3.8, 4) is 0 Å². The summed E-state index contributed by atoms with van der Waals surface area (Å²) in [6, 6.07) is 6.87. The van der Waals surface area contributed by atoms with E-state index >= 15 is 0 Å². The van der Waals surface area contributed by atoms with Gasteiger partial charge in [0.25, 0.3) is 0 Å². The molecule has 2 aliphatic heterocycles. The van der Waals surface area contributed by atoms with Crippen LogP contribution in [0.25, 0.3) is 0 Å². The van der Waals surface area contributed by atoms with Gasteiger partial charge in [-0.05, 0) is 44.0 Å². The summed E-state index contributed by atoms with van der Waals surface area (Å²) in [5, 5.41) is 4.32.